The van der Waals surface area contributed by atoms with Crippen molar-refractivity contribution in [2.45, 2.75) is 18.9 Å². The first-order chi connectivity index (χ1) is 9.28. The van der Waals surface area contributed by atoms with Crippen molar-refractivity contribution in [3.8, 4) is 6.07 Å². The standard InChI is InChI=1S/C15H12ClN3/c16-12-8-10(9-17)3-5-13(12)19-14-6-4-11-2-1-7-18-15(11)14/h1-3,5,7-8,14,19H,4,6H2. The Bertz CT molecular complexity index is 661. The Balaban J connectivity index is 1.86. The maximum atomic E-state index is 8.83. The monoisotopic (exact) mass is 269 g/mol. The summed E-state index contributed by atoms with van der Waals surface area (Å²) in [5.41, 5.74) is 3.82. The van der Waals surface area contributed by atoms with E-state index in [0.717, 1.165) is 24.2 Å². The Labute approximate surface area is 116 Å². The normalized spacial score (nSPS) is 16.7. The maximum absolute atomic E-state index is 8.83. The number of nitrogens with one attached hydrogen (secondary N) is 1. The van der Waals surface area contributed by atoms with E-state index in [1.54, 1.807) is 12.1 Å². The summed E-state index contributed by atoms with van der Waals surface area (Å²) in [6.45, 7) is 0. The van der Waals surface area contributed by atoms with Gasteiger partial charge in [0, 0.05) is 6.20 Å². The summed E-state index contributed by atoms with van der Waals surface area (Å²) < 4.78 is 0. The summed E-state index contributed by atoms with van der Waals surface area (Å²) in [5.74, 6) is 0. The first kappa shape index (κ1) is 12.0. The van der Waals surface area contributed by atoms with Gasteiger partial charge < -0.3 is 5.32 Å². The van der Waals surface area contributed by atoms with Crippen LogP contribution in [0.5, 0.6) is 0 Å². The van der Waals surface area contributed by atoms with E-state index >= 15 is 0 Å². The van der Waals surface area contributed by atoms with Gasteiger partial charge in [0.05, 0.1) is 34.1 Å². The highest BCUT2D eigenvalue weighted by Crippen LogP contribution is 2.34. The first-order valence-electron chi connectivity index (χ1n) is 6.18. The summed E-state index contributed by atoms with van der Waals surface area (Å²) >= 11 is 6.18. The van der Waals surface area contributed by atoms with Crippen molar-refractivity contribution in [2.24, 2.45) is 0 Å². The maximum Gasteiger partial charge on any atom is 0.0992 e. The van der Waals surface area contributed by atoms with Crippen LogP contribution >= 0.6 is 11.6 Å². The van der Waals surface area contributed by atoms with Gasteiger partial charge >= 0.3 is 0 Å². The molecule has 1 heterocycles. The van der Waals surface area contributed by atoms with Gasteiger partial charge in [-0.1, -0.05) is 17.7 Å². The zero-order valence-corrected chi connectivity index (χ0v) is 11.0. The molecule has 0 radical (unpaired) electrons. The van der Waals surface area contributed by atoms with Crippen LogP contribution in [0.1, 0.15) is 29.3 Å². The molecule has 0 saturated carbocycles. The van der Waals surface area contributed by atoms with Crippen LogP contribution in [-0.2, 0) is 6.42 Å². The molecule has 94 valence electrons. The minimum absolute atomic E-state index is 0.196. The van der Waals surface area contributed by atoms with Crippen molar-refractivity contribution < 1.29 is 0 Å². The molecule has 1 atom stereocenters. The molecular weight excluding hydrogens is 258 g/mol. The van der Waals surface area contributed by atoms with Crippen LogP contribution in [-0.4, -0.2) is 4.98 Å². The molecule has 19 heavy (non-hydrogen) atoms. The molecule has 4 heteroatoms. The quantitative estimate of drug-likeness (QED) is 0.904. The van der Waals surface area contributed by atoms with Crippen LogP contribution in [0.25, 0.3) is 0 Å². The lowest BCUT2D eigenvalue weighted by Gasteiger charge is -2.15. The Morgan fingerprint density at radius 1 is 1.37 bits per heavy atom. The average molecular weight is 270 g/mol. The topological polar surface area (TPSA) is 48.7 Å². The Morgan fingerprint density at radius 3 is 3.05 bits per heavy atom. The molecule has 0 saturated heterocycles. The molecule has 3 rings (SSSR count). The molecular formula is C15H12ClN3. The van der Waals surface area contributed by atoms with E-state index in [1.807, 2.05) is 18.3 Å². The fourth-order valence-electron chi connectivity index (χ4n) is 2.44. The first-order valence-corrected chi connectivity index (χ1v) is 6.55. The third-order valence-corrected chi connectivity index (χ3v) is 3.70. The van der Waals surface area contributed by atoms with Crippen molar-refractivity contribution in [3.05, 3.63) is 58.4 Å². The molecule has 1 unspecified atom stereocenters. The highest BCUT2D eigenvalue weighted by molar-refractivity contribution is 6.33. The molecule has 0 spiro atoms. The van der Waals surface area contributed by atoms with Crippen LogP contribution in [0.3, 0.4) is 0 Å². The number of pyridine rings is 1. The number of anilines is 1. The summed E-state index contributed by atoms with van der Waals surface area (Å²) in [7, 11) is 0. The van der Waals surface area contributed by atoms with Gasteiger partial charge in [-0.2, -0.15) is 5.26 Å². The molecule has 0 fully saturated rings. The summed E-state index contributed by atoms with van der Waals surface area (Å²) in [6, 6.07) is 11.7. The van der Waals surface area contributed by atoms with E-state index in [-0.39, 0.29) is 6.04 Å². The third kappa shape index (κ3) is 2.27. The summed E-state index contributed by atoms with van der Waals surface area (Å²) in [6.07, 6.45) is 3.87. The van der Waals surface area contributed by atoms with Gasteiger partial charge in [0.25, 0.3) is 0 Å². The van der Waals surface area contributed by atoms with Crippen LogP contribution in [0.15, 0.2) is 36.5 Å². The second-order valence-electron chi connectivity index (χ2n) is 4.59. The van der Waals surface area contributed by atoms with Gasteiger partial charge in [-0.3, -0.25) is 4.98 Å². The lowest BCUT2D eigenvalue weighted by Crippen LogP contribution is -2.08. The number of benzene rings is 1. The summed E-state index contributed by atoms with van der Waals surface area (Å²) in [5, 5.41) is 12.8. The average Bonchev–Trinajstić information content (AvgIpc) is 2.84. The summed E-state index contributed by atoms with van der Waals surface area (Å²) in [4.78, 5) is 4.44. The molecule has 0 amide bonds. The second kappa shape index (κ2) is 4.91. The van der Waals surface area contributed by atoms with Crippen LogP contribution < -0.4 is 5.32 Å². The Kier molecular flexibility index (Phi) is 3.10. The van der Waals surface area contributed by atoms with E-state index in [1.165, 1.54) is 5.56 Å². The number of rotatable bonds is 2. The second-order valence-corrected chi connectivity index (χ2v) is 5.00. The lowest BCUT2D eigenvalue weighted by molar-refractivity contribution is 0.746. The van der Waals surface area contributed by atoms with E-state index in [2.05, 4.69) is 22.4 Å². The van der Waals surface area contributed by atoms with Gasteiger partial charge in [-0.25, -0.2) is 0 Å². The molecule has 1 aromatic heterocycles. The SMILES string of the molecule is N#Cc1ccc(NC2CCc3cccnc32)c(Cl)c1. The fraction of sp³-hybridized carbons (Fsp3) is 0.200. The number of hydrogen-bond acceptors (Lipinski definition) is 3. The number of aromatic nitrogens is 1. The number of nitrogens with zero attached hydrogens (tertiary/aromatic N) is 2. The minimum atomic E-state index is 0.196. The Morgan fingerprint density at radius 2 is 2.26 bits per heavy atom. The van der Waals surface area contributed by atoms with E-state index in [9.17, 15) is 0 Å². The van der Waals surface area contributed by atoms with Crippen molar-refractivity contribution in [1.82, 2.24) is 4.98 Å². The van der Waals surface area contributed by atoms with Gasteiger partial charge in [0.1, 0.15) is 0 Å². The molecule has 1 aromatic carbocycles. The van der Waals surface area contributed by atoms with Crippen molar-refractivity contribution >= 4 is 17.3 Å². The number of hydrogen-bond donors (Lipinski definition) is 1. The molecule has 1 aliphatic rings. The van der Waals surface area contributed by atoms with Crippen LogP contribution in [0.4, 0.5) is 5.69 Å². The van der Waals surface area contributed by atoms with Crippen molar-refractivity contribution in [2.75, 3.05) is 5.32 Å². The van der Waals surface area contributed by atoms with Crippen molar-refractivity contribution in [1.29, 1.82) is 5.26 Å². The van der Waals surface area contributed by atoms with Crippen LogP contribution in [0, 0.1) is 11.3 Å². The highest BCUT2D eigenvalue weighted by Gasteiger charge is 2.23. The number of halogens is 1. The number of fused-ring (bicyclic) bond motifs is 1. The van der Waals surface area contributed by atoms with E-state index < -0.39 is 0 Å². The van der Waals surface area contributed by atoms with E-state index in [4.69, 9.17) is 16.9 Å². The molecule has 2 aromatic rings. The lowest BCUT2D eigenvalue weighted by atomic mass is 10.1. The number of aryl methyl sites for hydroxylation is 1. The van der Waals surface area contributed by atoms with Gasteiger partial charge in [-0.05, 0) is 42.7 Å². The predicted octanol–water partition coefficient (Wildman–Crippen LogP) is 3.71. The zero-order chi connectivity index (χ0) is 13.2. The molecule has 3 nitrogen and oxygen atoms in total. The van der Waals surface area contributed by atoms with Gasteiger partial charge in [-0.15, -0.1) is 0 Å². The number of nitriles is 1. The smallest absolute Gasteiger partial charge is 0.0992 e. The molecule has 0 aliphatic heterocycles. The molecule has 1 aliphatic carbocycles. The van der Waals surface area contributed by atoms with E-state index in [0.29, 0.717) is 10.6 Å². The third-order valence-electron chi connectivity index (χ3n) is 3.39. The highest BCUT2D eigenvalue weighted by atomic mass is 35.5. The van der Waals surface area contributed by atoms with Crippen molar-refractivity contribution in [3.63, 3.8) is 0 Å². The Hall–Kier alpha value is -2.05. The fourth-order valence-corrected chi connectivity index (χ4v) is 2.68. The van der Waals surface area contributed by atoms with Gasteiger partial charge in [0.15, 0.2) is 0 Å². The molecule has 0 bridgehead atoms. The van der Waals surface area contributed by atoms with Gasteiger partial charge in [0.2, 0.25) is 0 Å². The zero-order valence-electron chi connectivity index (χ0n) is 10.2. The minimum Gasteiger partial charge on any atom is -0.375 e. The van der Waals surface area contributed by atoms with Crippen LogP contribution in [0.2, 0.25) is 5.02 Å². The molecule has 1 N–H and O–H groups in total. The largest absolute Gasteiger partial charge is 0.375 e. The predicted molar refractivity (Wildman–Crippen MR) is 75.1 cm³/mol.